The SMILES string of the molecule is O=C(O)[C@H](O)[C@@H](O)[C@H](O)[C@H](O)CO.O=[PH+]O.O=[PH+]O. The molecule has 0 aliphatic heterocycles. The predicted molar refractivity (Wildman–Crippen MR) is 61.2 cm³/mol. The number of carboxylic acid groups (broad SMARTS) is 1. The standard InChI is InChI=1S/C6H12O7.2HO2P/c7-1-2(8)3(9)4(10)5(11)6(12)13;2*1-3-2/h2-5,7-11H,1H2,(H,12,13);2*3H/p+2/t2-,3-,4+,5-;;/m1../s1. The van der Waals surface area contributed by atoms with Crippen molar-refractivity contribution in [3.8, 4) is 0 Å². The Morgan fingerprint density at radius 3 is 1.47 bits per heavy atom. The molecule has 0 aliphatic carbocycles. The van der Waals surface area contributed by atoms with Crippen molar-refractivity contribution in [3.05, 3.63) is 0 Å². The van der Waals surface area contributed by atoms with E-state index < -0.39 is 54.4 Å². The maximum absolute atomic E-state index is 10.1. The van der Waals surface area contributed by atoms with Crippen molar-refractivity contribution in [1.82, 2.24) is 0 Å². The smallest absolute Gasteiger partial charge is 0.479 e. The molecule has 0 spiro atoms. The summed E-state index contributed by atoms with van der Waals surface area (Å²) in [4.78, 5) is 24.2. The largest absolute Gasteiger partial charge is 0.491 e. The Hall–Kier alpha value is -0.610. The summed E-state index contributed by atoms with van der Waals surface area (Å²) in [7, 11) is -2.33. The lowest BCUT2D eigenvalue weighted by Gasteiger charge is -2.23. The lowest BCUT2D eigenvalue weighted by Crippen LogP contribution is -2.48. The monoisotopic (exact) mass is 326 g/mol. The molecule has 114 valence electrons. The van der Waals surface area contributed by atoms with E-state index in [1.165, 1.54) is 0 Å². The van der Waals surface area contributed by atoms with Gasteiger partial charge in [0.2, 0.25) is 0 Å². The normalized spacial score (nSPS) is 16.2. The van der Waals surface area contributed by atoms with Gasteiger partial charge in [-0.2, -0.15) is 9.79 Å². The van der Waals surface area contributed by atoms with E-state index in [1.54, 1.807) is 0 Å². The molecular formula is C6H16O11P2+2. The third kappa shape index (κ3) is 13.6. The van der Waals surface area contributed by atoms with Crippen LogP contribution < -0.4 is 0 Å². The zero-order chi connectivity index (χ0) is 16.0. The van der Waals surface area contributed by atoms with Crippen molar-refractivity contribution in [1.29, 1.82) is 0 Å². The second-order valence-corrected chi connectivity index (χ2v) is 3.06. The minimum Gasteiger partial charge on any atom is -0.479 e. The first-order chi connectivity index (χ1) is 8.74. The molecule has 0 saturated carbocycles. The quantitative estimate of drug-likeness (QED) is 0.230. The van der Waals surface area contributed by atoms with E-state index in [1.807, 2.05) is 0 Å². The summed E-state index contributed by atoms with van der Waals surface area (Å²) >= 11 is 0. The Balaban J connectivity index is -0.000000360. The highest BCUT2D eigenvalue weighted by atomic mass is 31.1. The summed E-state index contributed by atoms with van der Waals surface area (Å²) in [5.74, 6) is -1.73. The molecule has 0 bridgehead atoms. The number of rotatable bonds is 5. The van der Waals surface area contributed by atoms with Gasteiger partial charge in [-0.05, 0) is 9.13 Å². The Labute approximate surface area is 110 Å². The number of aliphatic carboxylic acids is 1. The highest BCUT2D eigenvalue weighted by molar-refractivity contribution is 7.16. The van der Waals surface area contributed by atoms with Crippen molar-refractivity contribution in [2.24, 2.45) is 0 Å². The Bertz CT molecular complexity index is 243. The van der Waals surface area contributed by atoms with Crippen molar-refractivity contribution in [3.63, 3.8) is 0 Å². The van der Waals surface area contributed by atoms with E-state index in [4.69, 9.17) is 49.6 Å². The number of carboxylic acids is 1. The summed E-state index contributed by atoms with van der Waals surface area (Å²) in [6, 6.07) is 0. The number of carbonyl (C=O) groups is 1. The average Bonchev–Trinajstić information content (AvgIpc) is 2.36. The molecule has 0 radical (unpaired) electrons. The molecule has 8 N–H and O–H groups in total. The zero-order valence-corrected chi connectivity index (χ0v) is 11.3. The topological polar surface area (TPSA) is 213 Å². The van der Waals surface area contributed by atoms with Gasteiger partial charge in [0, 0.05) is 0 Å². The van der Waals surface area contributed by atoms with Gasteiger partial charge in [0.25, 0.3) is 0 Å². The fourth-order valence-electron chi connectivity index (χ4n) is 0.668. The Morgan fingerprint density at radius 1 is 0.947 bits per heavy atom. The number of aliphatic hydroxyl groups excluding tert-OH is 5. The zero-order valence-electron chi connectivity index (χ0n) is 9.32. The van der Waals surface area contributed by atoms with Crippen LogP contribution in [0.4, 0.5) is 0 Å². The third-order valence-electron chi connectivity index (χ3n) is 1.51. The lowest BCUT2D eigenvalue weighted by atomic mass is 10.0. The first kappa shape index (κ1) is 23.5. The molecule has 0 fully saturated rings. The first-order valence-electron chi connectivity index (χ1n) is 4.33. The molecule has 0 rings (SSSR count). The van der Waals surface area contributed by atoms with Gasteiger partial charge in [0.05, 0.1) is 6.61 Å². The first-order valence-corrected chi connectivity index (χ1v) is 6.04. The van der Waals surface area contributed by atoms with Crippen LogP contribution in [-0.2, 0) is 13.9 Å². The molecular weight excluding hydrogens is 310 g/mol. The summed E-state index contributed by atoms with van der Waals surface area (Å²) in [6.07, 6.45) is -7.84. The van der Waals surface area contributed by atoms with Crippen molar-refractivity contribution < 1.29 is 54.4 Å². The molecule has 0 aromatic carbocycles. The van der Waals surface area contributed by atoms with Gasteiger partial charge in [-0.15, -0.1) is 0 Å². The number of aliphatic hydroxyl groups is 5. The fourth-order valence-corrected chi connectivity index (χ4v) is 0.668. The van der Waals surface area contributed by atoms with E-state index >= 15 is 0 Å². The predicted octanol–water partition coefficient (Wildman–Crippen LogP) is -3.66. The maximum Gasteiger partial charge on any atom is 0.491 e. The van der Waals surface area contributed by atoms with Crippen LogP contribution in [0, 0.1) is 0 Å². The Kier molecular flexibility index (Phi) is 19.1. The molecule has 0 aromatic heterocycles. The van der Waals surface area contributed by atoms with E-state index in [0.717, 1.165) is 0 Å². The van der Waals surface area contributed by atoms with Gasteiger partial charge < -0.3 is 30.6 Å². The van der Waals surface area contributed by atoms with Gasteiger partial charge in [-0.3, -0.25) is 0 Å². The van der Waals surface area contributed by atoms with Gasteiger partial charge in [0.1, 0.15) is 18.3 Å². The van der Waals surface area contributed by atoms with E-state index in [2.05, 4.69) is 0 Å². The Morgan fingerprint density at radius 2 is 1.26 bits per heavy atom. The van der Waals surface area contributed by atoms with Gasteiger partial charge >= 0.3 is 23.3 Å². The van der Waals surface area contributed by atoms with Crippen LogP contribution >= 0.6 is 17.4 Å². The fraction of sp³-hybridized carbons (Fsp3) is 0.833. The van der Waals surface area contributed by atoms with Crippen LogP contribution in [0.5, 0.6) is 0 Å². The van der Waals surface area contributed by atoms with Crippen LogP contribution in [0.3, 0.4) is 0 Å². The molecule has 0 aromatic rings. The van der Waals surface area contributed by atoms with Crippen LogP contribution in [-0.4, -0.2) is 77.4 Å². The third-order valence-corrected chi connectivity index (χ3v) is 1.51. The second kappa shape index (κ2) is 15.4. The van der Waals surface area contributed by atoms with E-state index in [9.17, 15) is 4.79 Å². The summed E-state index contributed by atoms with van der Waals surface area (Å²) in [6.45, 7) is -0.843. The molecule has 0 saturated heterocycles. The maximum atomic E-state index is 10.1. The lowest BCUT2D eigenvalue weighted by molar-refractivity contribution is -0.164. The second-order valence-electron chi connectivity index (χ2n) is 2.70. The summed E-state index contributed by atoms with van der Waals surface area (Å²) in [5, 5.41) is 51.8. The molecule has 11 nitrogen and oxygen atoms in total. The molecule has 2 unspecified atom stereocenters. The van der Waals surface area contributed by atoms with Crippen molar-refractivity contribution >= 4 is 23.3 Å². The molecule has 0 heterocycles. The molecule has 13 heteroatoms. The van der Waals surface area contributed by atoms with Crippen molar-refractivity contribution in [2.75, 3.05) is 6.61 Å². The molecule has 0 amide bonds. The minimum absolute atomic E-state index is 0.843. The van der Waals surface area contributed by atoms with Crippen molar-refractivity contribution in [2.45, 2.75) is 24.4 Å². The van der Waals surface area contributed by atoms with Crippen LogP contribution in [0.15, 0.2) is 0 Å². The van der Waals surface area contributed by atoms with E-state index in [-0.39, 0.29) is 0 Å². The highest BCUT2D eigenvalue weighted by Crippen LogP contribution is 2.04. The highest BCUT2D eigenvalue weighted by Gasteiger charge is 2.33. The van der Waals surface area contributed by atoms with E-state index in [0.29, 0.717) is 0 Å². The van der Waals surface area contributed by atoms with Gasteiger partial charge in [-0.25, -0.2) is 4.79 Å². The van der Waals surface area contributed by atoms with Gasteiger partial charge in [-0.1, -0.05) is 0 Å². The molecule has 6 atom stereocenters. The van der Waals surface area contributed by atoms with Crippen LogP contribution in [0.1, 0.15) is 0 Å². The summed E-state index contributed by atoms with van der Waals surface area (Å²) < 4.78 is 17.0. The summed E-state index contributed by atoms with van der Waals surface area (Å²) in [5.41, 5.74) is 0. The average molecular weight is 326 g/mol. The van der Waals surface area contributed by atoms with Gasteiger partial charge in [0.15, 0.2) is 6.10 Å². The van der Waals surface area contributed by atoms with Crippen LogP contribution in [0.2, 0.25) is 0 Å². The molecule has 19 heavy (non-hydrogen) atoms. The minimum atomic E-state index is -2.20. The molecule has 0 aliphatic rings. The number of hydrogen-bond acceptors (Lipinski definition) is 8. The number of hydrogen-bond donors (Lipinski definition) is 8. The van der Waals surface area contributed by atoms with Crippen LogP contribution in [0.25, 0.3) is 0 Å².